The van der Waals surface area contributed by atoms with Gasteiger partial charge in [-0.2, -0.15) is 0 Å². The normalized spacial score (nSPS) is 11.2. The number of non-ortho nitro benzene ring substituents is 1. The zero-order valence-corrected chi connectivity index (χ0v) is 9.57. The average molecular weight is 265 g/mol. The quantitative estimate of drug-likeness (QED) is 0.505. The predicted octanol–water partition coefficient (Wildman–Crippen LogP) is 1.33. The third-order valence-electron chi connectivity index (χ3n) is 1.98. The molecule has 0 aromatic heterocycles. The molecule has 1 aromatic rings. The van der Waals surface area contributed by atoms with Gasteiger partial charge in [-0.1, -0.05) is 0 Å². The van der Waals surface area contributed by atoms with Crippen LogP contribution in [0.3, 0.4) is 0 Å². The molecule has 0 bridgehead atoms. The summed E-state index contributed by atoms with van der Waals surface area (Å²) in [4.78, 5) is 20.8. The van der Waals surface area contributed by atoms with Crippen molar-refractivity contribution in [2.45, 2.75) is 6.04 Å². The van der Waals surface area contributed by atoms with Crippen molar-refractivity contribution in [1.29, 1.82) is 0 Å². The van der Waals surface area contributed by atoms with E-state index in [9.17, 15) is 19.3 Å². The minimum atomic E-state index is -1.37. The fourth-order valence-electron chi connectivity index (χ4n) is 1.14. The van der Waals surface area contributed by atoms with Crippen molar-refractivity contribution in [3.63, 3.8) is 0 Å². The van der Waals surface area contributed by atoms with E-state index in [2.05, 4.69) is 4.74 Å². The first kappa shape index (κ1) is 15.3. The molecule has 0 aliphatic heterocycles. The van der Waals surface area contributed by atoms with Gasteiger partial charge in [0.05, 0.1) is 12.0 Å². The summed E-state index contributed by atoms with van der Waals surface area (Å²) in [6.45, 7) is 0. The Bertz CT molecular complexity index is 441. The monoisotopic (exact) mass is 264 g/mol. The van der Waals surface area contributed by atoms with Gasteiger partial charge < -0.3 is 10.5 Å². The molecule has 94 valence electrons. The molecule has 0 heterocycles. The van der Waals surface area contributed by atoms with Crippen molar-refractivity contribution in [2.75, 3.05) is 7.11 Å². The minimum Gasteiger partial charge on any atom is -0.468 e. The van der Waals surface area contributed by atoms with Crippen molar-refractivity contribution in [2.24, 2.45) is 5.73 Å². The Kier molecular flexibility index (Phi) is 5.49. The molecule has 0 saturated carbocycles. The van der Waals surface area contributed by atoms with Gasteiger partial charge in [0.2, 0.25) is 0 Å². The number of halogens is 2. The summed E-state index contributed by atoms with van der Waals surface area (Å²) in [5.41, 5.74) is 4.78. The number of rotatable bonds is 3. The molecule has 1 rings (SSSR count). The van der Waals surface area contributed by atoms with Gasteiger partial charge in [-0.05, 0) is 6.07 Å². The summed E-state index contributed by atoms with van der Waals surface area (Å²) in [6, 6.07) is 1.42. The topological polar surface area (TPSA) is 95.5 Å². The lowest BCUT2D eigenvalue weighted by molar-refractivity contribution is -0.385. The van der Waals surface area contributed by atoms with E-state index in [0.717, 1.165) is 25.3 Å². The van der Waals surface area contributed by atoms with Crippen LogP contribution in [0.4, 0.5) is 10.1 Å². The van der Waals surface area contributed by atoms with E-state index < -0.39 is 22.8 Å². The Morgan fingerprint density at radius 3 is 2.65 bits per heavy atom. The van der Waals surface area contributed by atoms with Gasteiger partial charge in [0.25, 0.3) is 5.69 Å². The fourth-order valence-corrected chi connectivity index (χ4v) is 1.14. The number of ether oxygens (including phenoxy) is 1. The number of benzene rings is 1. The Balaban J connectivity index is 0.00000256. The summed E-state index contributed by atoms with van der Waals surface area (Å²) in [6.07, 6.45) is 0. The Labute approximate surface area is 102 Å². The van der Waals surface area contributed by atoms with Crippen molar-refractivity contribution in [3.05, 3.63) is 39.7 Å². The van der Waals surface area contributed by atoms with E-state index in [0.29, 0.717) is 0 Å². The number of nitro groups is 1. The molecule has 1 atom stereocenters. The minimum absolute atomic E-state index is 0. The summed E-state index contributed by atoms with van der Waals surface area (Å²) in [5, 5.41) is 10.5. The van der Waals surface area contributed by atoms with Gasteiger partial charge in [-0.15, -0.1) is 12.4 Å². The highest BCUT2D eigenvalue weighted by molar-refractivity contribution is 5.85. The van der Waals surface area contributed by atoms with Crippen molar-refractivity contribution < 1.29 is 18.8 Å². The van der Waals surface area contributed by atoms with Gasteiger partial charge in [0, 0.05) is 17.7 Å². The van der Waals surface area contributed by atoms with E-state index in [1.165, 1.54) is 0 Å². The van der Waals surface area contributed by atoms with Crippen LogP contribution in [0.1, 0.15) is 11.6 Å². The molecule has 0 spiro atoms. The molecular formula is C9H10ClFN2O4. The van der Waals surface area contributed by atoms with E-state index in [-0.39, 0.29) is 23.7 Å². The maximum absolute atomic E-state index is 13.3. The number of hydrogen-bond acceptors (Lipinski definition) is 5. The average Bonchev–Trinajstić information content (AvgIpc) is 2.27. The predicted molar refractivity (Wildman–Crippen MR) is 59.2 cm³/mol. The molecule has 8 heteroatoms. The second-order valence-corrected chi connectivity index (χ2v) is 2.96. The third-order valence-corrected chi connectivity index (χ3v) is 1.98. The lowest BCUT2D eigenvalue weighted by atomic mass is 10.1. The number of hydrogen-bond donors (Lipinski definition) is 1. The number of methoxy groups -OCH3 is 1. The van der Waals surface area contributed by atoms with Crippen LogP contribution in [-0.2, 0) is 9.53 Å². The Morgan fingerprint density at radius 1 is 1.59 bits per heavy atom. The van der Waals surface area contributed by atoms with Gasteiger partial charge in [-0.25, -0.2) is 4.39 Å². The molecule has 0 fully saturated rings. The summed E-state index contributed by atoms with van der Waals surface area (Å²) in [5.74, 6) is -1.65. The molecule has 6 nitrogen and oxygen atoms in total. The van der Waals surface area contributed by atoms with Crippen LogP contribution in [0, 0.1) is 15.9 Å². The maximum Gasteiger partial charge on any atom is 0.327 e. The first-order chi connectivity index (χ1) is 7.47. The number of esters is 1. The molecule has 0 saturated heterocycles. The van der Waals surface area contributed by atoms with Gasteiger partial charge in [0.1, 0.15) is 11.9 Å². The van der Waals surface area contributed by atoms with Crippen LogP contribution in [0.25, 0.3) is 0 Å². The highest BCUT2D eigenvalue weighted by Crippen LogP contribution is 2.21. The highest BCUT2D eigenvalue weighted by Gasteiger charge is 2.22. The van der Waals surface area contributed by atoms with Crippen molar-refractivity contribution in [1.82, 2.24) is 0 Å². The van der Waals surface area contributed by atoms with Gasteiger partial charge in [0.15, 0.2) is 0 Å². The van der Waals surface area contributed by atoms with Crippen LogP contribution in [-0.4, -0.2) is 18.0 Å². The number of nitro benzene ring substituents is 1. The van der Waals surface area contributed by atoms with Crippen LogP contribution < -0.4 is 5.73 Å². The van der Waals surface area contributed by atoms with E-state index in [4.69, 9.17) is 5.73 Å². The van der Waals surface area contributed by atoms with Crippen LogP contribution >= 0.6 is 12.4 Å². The number of nitrogens with zero attached hydrogens (tertiary/aromatic N) is 1. The largest absolute Gasteiger partial charge is 0.468 e. The van der Waals surface area contributed by atoms with E-state index >= 15 is 0 Å². The SMILES string of the molecule is COC(=O)[C@H](N)c1cc([N+](=O)[O-])ccc1F.Cl. The van der Waals surface area contributed by atoms with Gasteiger partial charge >= 0.3 is 5.97 Å². The van der Waals surface area contributed by atoms with Crippen molar-refractivity contribution in [3.8, 4) is 0 Å². The highest BCUT2D eigenvalue weighted by atomic mass is 35.5. The summed E-state index contributed by atoms with van der Waals surface area (Å²) < 4.78 is 17.6. The molecule has 0 amide bonds. The van der Waals surface area contributed by atoms with E-state index in [1.807, 2.05) is 0 Å². The zero-order valence-electron chi connectivity index (χ0n) is 8.75. The maximum atomic E-state index is 13.3. The van der Waals surface area contributed by atoms with Crippen LogP contribution in [0.2, 0.25) is 0 Å². The summed E-state index contributed by atoms with van der Waals surface area (Å²) in [7, 11) is 1.09. The van der Waals surface area contributed by atoms with Crippen LogP contribution in [0.5, 0.6) is 0 Å². The standard InChI is InChI=1S/C9H9FN2O4.ClH/c1-16-9(13)8(11)6-4-5(12(14)15)2-3-7(6)10;/h2-4,8H,11H2,1H3;1H/t8-;/m1./s1. The smallest absolute Gasteiger partial charge is 0.327 e. The molecule has 2 N–H and O–H groups in total. The first-order valence-electron chi connectivity index (χ1n) is 4.24. The van der Waals surface area contributed by atoms with Crippen molar-refractivity contribution >= 4 is 24.1 Å². The number of nitrogens with two attached hydrogens (primary N) is 1. The molecule has 1 aromatic carbocycles. The molecule has 17 heavy (non-hydrogen) atoms. The lowest BCUT2D eigenvalue weighted by Crippen LogP contribution is -2.23. The fraction of sp³-hybridized carbons (Fsp3) is 0.222. The summed E-state index contributed by atoms with van der Waals surface area (Å²) >= 11 is 0. The lowest BCUT2D eigenvalue weighted by Gasteiger charge is -2.09. The Morgan fingerprint density at radius 2 is 2.18 bits per heavy atom. The van der Waals surface area contributed by atoms with E-state index in [1.54, 1.807) is 0 Å². The van der Waals surface area contributed by atoms with Gasteiger partial charge in [-0.3, -0.25) is 14.9 Å². The molecular weight excluding hydrogens is 255 g/mol. The third kappa shape index (κ3) is 3.36. The second kappa shape index (κ2) is 6.12. The first-order valence-corrected chi connectivity index (χ1v) is 4.24. The number of carbonyl (C=O) groups excluding carboxylic acids is 1. The molecule has 0 aliphatic carbocycles. The number of carbonyl (C=O) groups is 1. The van der Waals surface area contributed by atoms with Crippen LogP contribution in [0.15, 0.2) is 18.2 Å². The molecule has 0 radical (unpaired) electrons. The molecule has 0 unspecified atom stereocenters. The molecule has 0 aliphatic rings. The second-order valence-electron chi connectivity index (χ2n) is 2.96. The Hall–Kier alpha value is -1.73. The zero-order chi connectivity index (χ0) is 12.3.